The van der Waals surface area contributed by atoms with E-state index in [1.165, 1.54) is 37.5 Å². The lowest BCUT2D eigenvalue weighted by molar-refractivity contribution is -0.127. The van der Waals surface area contributed by atoms with Crippen LogP contribution in [0.15, 0.2) is 11.6 Å². The molecular weight excluding hydrogens is 440 g/mol. The van der Waals surface area contributed by atoms with Crippen molar-refractivity contribution in [3.05, 3.63) is 11.6 Å². The number of fused-ring (bicyclic) bond motifs is 5. The standard InChI is InChI=1S/C28H50O3Si2/c1-26(2,3)33(8,9)30-21-14-17-28(19-29)20(18-21)10-11-22-23-12-13-25(31-32(5,6)7)27(23,4)16-15-24(22)28/h10,19,21-25H,11-18H2,1-9H3/t21?,22-,23-,24+,25?,27-,28+/m0/s1. The highest BCUT2D eigenvalue weighted by atomic mass is 28.4. The van der Waals surface area contributed by atoms with Gasteiger partial charge in [0.2, 0.25) is 0 Å². The summed E-state index contributed by atoms with van der Waals surface area (Å²) >= 11 is 0. The lowest BCUT2D eigenvalue weighted by Gasteiger charge is -2.57. The third kappa shape index (κ3) is 4.42. The predicted molar refractivity (Wildman–Crippen MR) is 142 cm³/mol. The van der Waals surface area contributed by atoms with Gasteiger partial charge in [-0.1, -0.05) is 39.3 Å². The minimum atomic E-state index is -1.80. The van der Waals surface area contributed by atoms with Gasteiger partial charge in [-0.2, -0.15) is 0 Å². The first-order valence-corrected chi connectivity index (χ1v) is 20.0. The van der Waals surface area contributed by atoms with Gasteiger partial charge in [-0.15, -0.1) is 0 Å². The summed E-state index contributed by atoms with van der Waals surface area (Å²) in [7, 11) is -3.36. The van der Waals surface area contributed by atoms with Gasteiger partial charge in [-0.25, -0.2) is 0 Å². The van der Waals surface area contributed by atoms with Gasteiger partial charge in [0.15, 0.2) is 16.6 Å². The summed E-state index contributed by atoms with van der Waals surface area (Å²) in [4.78, 5) is 12.9. The molecular formula is C28H50O3Si2. The zero-order valence-electron chi connectivity index (χ0n) is 22.9. The SMILES string of the molecule is CC(C)(C)[Si](C)(C)OC1CC[C@@]2(C=O)C(=CC[C@@H]3[C@H]2CC[C@]2(C)C(O[Si](C)(C)C)CC[C@@H]32)C1. The van der Waals surface area contributed by atoms with Crippen LogP contribution in [0.25, 0.3) is 0 Å². The van der Waals surface area contributed by atoms with E-state index in [2.05, 4.69) is 66.5 Å². The van der Waals surface area contributed by atoms with Crippen LogP contribution in [-0.4, -0.2) is 35.1 Å². The second kappa shape index (κ2) is 8.42. The molecule has 0 heterocycles. The van der Waals surface area contributed by atoms with Crippen molar-refractivity contribution in [3.63, 3.8) is 0 Å². The molecule has 3 saturated carbocycles. The highest BCUT2D eigenvalue weighted by molar-refractivity contribution is 6.74. The monoisotopic (exact) mass is 490 g/mol. The molecule has 0 amide bonds. The van der Waals surface area contributed by atoms with Crippen molar-refractivity contribution in [2.75, 3.05) is 0 Å². The van der Waals surface area contributed by atoms with E-state index in [0.717, 1.165) is 25.7 Å². The maximum Gasteiger partial charge on any atom is 0.192 e. The summed E-state index contributed by atoms with van der Waals surface area (Å²) in [5, 5.41) is 0.225. The summed E-state index contributed by atoms with van der Waals surface area (Å²) in [6.45, 7) is 21.2. The third-order valence-corrected chi connectivity index (χ3v) is 16.1. The molecule has 2 unspecified atom stereocenters. The molecule has 33 heavy (non-hydrogen) atoms. The van der Waals surface area contributed by atoms with Crippen LogP contribution < -0.4 is 0 Å². The average molecular weight is 491 g/mol. The number of carbonyl (C=O) groups is 1. The molecule has 0 aliphatic heterocycles. The molecule has 7 atom stereocenters. The maximum atomic E-state index is 12.9. The molecule has 0 saturated heterocycles. The maximum absolute atomic E-state index is 12.9. The van der Waals surface area contributed by atoms with Gasteiger partial charge in [0.1, 0.15) is 6.29 Å². The second-order valence-electron chi connectivity index (χ2n) is 14.6. The third-order valence-electron chi connectivity index (χ3n) is 10.5. The summed E-state index contributed by atoms with van der Waals surface area (Å²) in [5.41, 5.74) is 1.49. The van der Waals surface area contributed by atoms with E-state index in [1.54, 1.807) is 0 Å². The number of rotatable bonds is 5. The van der Waals surface area contributed by atoms with E-state index in [1.807, 2.05) is 0 Å². The van der Waals surface area contributed by atoms with Gasteiger partial charge >= 0.3 is 0 Å². The second-order valence-corrected chi connectivity index (χ2v) is 23.8. The zero-order chi connectivity index (χ0) is 24.4. The summed E-state index contributed by atoms with van der Waals surface area (Å²) < 4.78 is 13.6. The summed E-state index contributed by atoms with van der Waals surface area (Å²) in [5.74, 6) is 1.87. The highest BCUT2D eigenvalue weighted by Crippen LogP contribution is 2.65. The van der Waals surface area contributed by atoms with Gasteiger partial charge in [-0.3, -0.25) is 0 Å². The molecule has 4 aliphatic carbocycles. The Hall–Kier alpha value is -0.236. The van der Waals surface area contributed by atoms with Crippen molar-refractivity contribution < 1.29 is 13.6 Å². The largest absolute Gasteiger partial charge is 0.414 e. The van der Waals surface area contributed by atoms with E-state index in [0.29, 0.717) is 29.3 Å². The van der Waals surface area contributed by atoms with Crippen LogP contribution in [0, 0.1) is 28.6 Å². The van der Waals surface area contributed by atoms with E-state index in [9.17, 15) is 4.79 Å². The Morgan fingerprint density at radius 3 is 2.27 bits per heavy atom. The number of hydrogen-bond donors (Lipinski definition) is 0. The van der Waals surface area contributed by atoms with Crippen molar-refractivity contribution in [2.45, 2.75) is 129 Å². The first-order chi connectivity index (χ1) is 15.1. The molecule has 188 valence electrons. The van der Waals surface area contributed by atoms with E-state index >= 15 is 0 Å². The molecule has 5 heteroatoms. The van der Waals surface area contributed by atoms with Crippen molar-refractivity contribution in [2.24, 2.45) is 28.6 Å². The summed E-state index contributed by atoms with van der Waals surface area (Å²) in [6.07, 6.45) is 13.6. The van der Waals surface area contributed by atoms with Gasteiger partial charge in [0.25, 0.3) is 0 Å². The number of aldehydes is 1. The molecule has 3 fully saturated rings. The molecule has 0 spiro atoms. The minimum absolute atomic E-state index is 0.225. The molecule has 3 nitrogen and oxygen atoms in total. The van der Waals surface area contributed by atoms with Crippen LogP contribution in [0.5, 0.6) is 0 Å². The Balaban J connectivity index is 1.55. The van der Waals surface area contributed by atoms with Crippen LogP contribution in [0.2, 0.25) is 37.8 Å². The topological polar surface area (TPSA) is 35.5 Å². The normalized spacial score (nSPS) is 41.6. The molecule has 0 bridgehead atoms. The quantitative estimate of drug-likeness (QED) is 0.224. The van der Waals surface area contributed by atoms with E-state index in [4.69, 9.17) is 8.85 Å². The summed E-state index contributed by atoms with van der Waals surface area (Å²) in [6, 6.07) is 0. The Morgan fingerprint density at radius 1 is 0.970 bits per heavy atom. The zero-order valence-corrected chi connectivity index (χ0v) is 24.9. The predicted octanol–water partition coefficient (Wildman–Crippen LogP) is 7.74. The fourth-order valence-corrected chi connectivity index (χ4v) is 10.4. The van der Waals surface area contributed by atoms with Crippen molar-refractivity contribution in [1.82, 2.24) is 0 Å². The average Bonchev–Trinajstić information content (AvgIpc) is 3.01. The van der Waals surface area contributed by atoms with Crippen LogP contribution in [0.4, 0.5) is 0 Å². The lowest BCUT2D eigenvalue weighted by atomic mass is 9.48. The number of carbonyl (C=O) groups excluding carboxylic acids is 1. The Bertz CT molecular complexity index is 792. The van der Waals surface area contributed by atoms with Crippen LogP contribution in [0.3, 0.4) is 0 Å². The van der Waals surface area contributed by atoms with Crippen LogP contribution in [-0.2, 0) is 13.6 Å². The smallest absolute Gasteiger partial charge is 0.192 e. The molecule has 0 radical (unpaired) electrons. The Labute approximate surface area is 205 Å². The van der Waals surface area contributed by atoms with Gasteiger partial charge < -0.3 is 13.6 Å². The number of allylic oxidation sites excluding steroid dienone is 1. The molecule has 0 aromatic rings. The molecule has 0 N–H and O–H groups in total. The fraction of sp³-hybridized carbons (Fsp3) is 0.893. The van der Waals surface area contributed by atoms with Gasteiger partial charge in [-0.05, 0) is 112 Å². The van der Waals surface area contributed by atoms with E-state index in [-0.39, 0.29) is 16.6 Å². The van der Waals surface area contributed by atoms with E-state index < -0.39 is 16.6 Å². The minimum Gasteiger partial charge on any atom is -0.414 e. The lowest BCUT2D eigenvalue weighted by Crippen LogP contribution is -2.54. The van der Waals surface area contributed by atoms with Crippen molar-refractivity contribution >= 4 is 22.9 Å². The molecule has 4 aliphatic rings. The van der Waals surface area contributed by atoms with Crippen LogP contribution >= 0.6 is 0 Å². The Kier molecular flexibility index (Phi) is 6.59. The van der Waals surface area contributed by atoms with Crippen molar-refractivity contribution in [3.8, 4) is 0 Å². The Morgan fingerprint density at radius 2 is 1.67 bits per heavy atom. The fourth-order valence-electron chi connectivity index (χ4n) is 7.82. The molecule has 0 aromatic heterocycles. The van der Waals surface area contributed by atoms with Crippen LogP contribution in [0.1, 0.15) is 79.1 Å². The highest BCUT2D eigenvalue weighted by Gasteiger charge is 2.60. The molecule has 0 aromatic carbocycles. The number of hydrogen-bond acceptors (Lipinski definition) is 3. The van der Waals surface area contributed by atoms with Gasteiger partial charge in [0.05, 0.1) is 11.5 Å². The first kappa shape index (κ1) is 25.8. The first-order valence-electron chi connectivity index (χ1n) is 13.6. The molecule has 4 rings (SSSR count). The van der Waals surface area contributed by atoms with Crippen molar-refractivity contribution in [1.29, 1.82) is 0 Å². The van der Waals surface area contributed by atoms with Gasteiger partial charge in [0, 0.05) is 6.10 Å².